The number of aliphatic imine (C=N–C) groups is 1. The van der Waals surface area contributed by atoms with Crippen molar-refractivity contribution in [3.63, 3.8) is 0 Å². The standard InChI is InChI=1S/C20H22ClN3O2/c1-20(13-18(25)23(2)14-15-8-5-4-6-9-15)22-19(24(3)26-20)16-10-7-11-17(21)12-16/h4-12H,13-14H2,1-3H3. The zero-order valence-corrected chi connectivity index (χ0v) is 15.9. The van der Waals surface area contributed by atoms with Gasteiger partial charge in [0.1, 0.15) is 0 Å². The third-order valence-electron chi connectivity index (χ3n) is 4.22. The molecule has 0 aromatic heterocycles. The summed E-state index contributed by atoms with van der Waals surface area (Å²) in [6, 6.07) is 17.3. The zero-order chi connectivity index (χ0) is 18.7. The summed E-state index contributed by atoms with van der Waals surface area (Å²) in [4.78, 5) is 24.9. The monoisotopic (exact) mass is 371 g/mol. The van der Waals surface area contributed by atoms with E-state index in [9.17, 15) is 4.79 Å². The topological polar surface area (TPSA) is 45.1 Å². The van der Waals surface area contributed by atoms with E-state index >= 15 is 0 Å². The number of halogens is 1. The first-order valence-corrected chi connectivity index (χ1v) is 8.81. The number of benzene rings is 2. The molecule has 1 atom stereocenters. The van der Waals surface area contributed by atoms with Crippen molar-refractivity contribution < 1.29 is 9.63 Å². The van der Waals surface area contributed by atoms with E-state index in [-0.39, 0.29) is 12.3 Å². The van der Waals surface area contributed by atoms with Crippen molar-refractivity contribution in [2.24, 2.45) is 4.99 Å². The maximum absolute atomic E-state index is 12.6. The number of hydrogen-bond acceptors (Lipinski definition) is 4. The molecular formula is C20H22ClN3O2. The van der Waals surface area contributed by atoms with E-state index in [1.807, 2.05) is 61.5 Å². The average Bonchev–Trinajstić information content (AvgIpc) is 2.90. The van der Waals surface area contributed by atoms with E-state index < -0.39 is 5.72 Å². The molecule has 6 heteroatoms. The third-order valence-corrected chi connectivity index (χ3v) is 4.46. The summed E-state index contributed by atoms with van der Waals surface area (Å²) in [7, 11) is 3.57. The highest BCUT2D eigenvalue weighted by atomic mass is 35.5. The second-order valence-electron chi connectivity index (χ2n) is 6.62. The SMILES string of the molecule is CN(Cc1ccccc1)C(=O)CC1(C)N=C(c2cccc(Cl)c2)N(C)O1. The quantitative estimate of drug-likeness (QED) is 0.804. The Morgan fingerprint density at radius 1 is 1.23 bits per heavy atom. The van der Waals surface area contributed by atoms with Gasteiger partial charge in [-0.15, -0.1) is 0 Å². The number of amidine groups is 1. The summed E-state index contributed by atoms with van der Waals surface area (Å²) >= 11 is 6.07. The smallest absolute Gasteiger partial charge is 0.227 e. The Bertz CT molecular complexity index is 825. The first-order chi connectivity index (χ1) is 12.4. The van der Waals surface area contributed by atoms with Crippen molar-refractivity contribution in [1.29, 1.82) is 0 Å². The van der Waals surface area contributed by atoms with Gasteiger partial charge in [0.2, 0.25) is 5.91 Å². The van der Waals surface area contributed by atoms with Crippen molar-refractivity contribution in [2.75, 3.05) is 14.1 Å². The van der Waals surface area contributed by atoms with Crippen LogP contribution in [0.5, 0.6) is 0 Å². The van der Waals surface area contributed by atoms with Gasteiger partial charge < -0.3 is 4.90 Å². The van der Waals surface area contributed by atoms with Crippen LogP contribution in [0.1, 0.15) is 24.5 Å². The molecule has 5 nitrogen and oxygen atoms in total. The van der Waals surface area contributed by atoms with E-state index in [2.05, 4.69) is 4.99 Å². The molecule has 26 heavy (non-hydrogen) atoms. The van der Waals surface area contributed by atoms with Crippen LogP contribution in [-0.2, 0) is 16.2 Å². The molecule has 0 fully saturated rings. The first kappa shape index (κ1) is 18.4. The molecule has 1 aliphatic heterocycles. The summed E-state index contributed by atoms with van der Waals surface area (Å²) in [6.45, 7) is 2.37. The van der Waals surface area contributed by atoms with Crippen molar-refractivity contribution >= 4 is 23.3 Å². The van der Waals surface area contributed by atoms with Gasteiger partial charge in [-0.3, -0.25) is 4.79 Å². The molecule has 1 unspecified atom stereocenters. The molecule has 136 valence electrons. The largest absolute Gasteiger partial charge is 0.341 e. The fraction of sp³-hybridized carbons (Fsp3) is 0.300. The van der Waals surface area contributed by atoms with Gasteiger partial charge >= 0.3 is 0 Å². The summed E-state index contributed by atoms with van der Waals surface area (Å²) < 4.78 is 0. The Morgan fingerprint density at radius 3 is 2.65 bits per heavy atom. The van der Waals surface area contributed by atoms with Gasteiger partial charge in [0.25, 0.3) is 0 Å². The van der Waals surface area contributed by atoms with Gasteiger partial charge in [-0.25, -0.2) is 14.9 Å². The molecule has 1 amide bonds. The second-order valence-corrected chi connectivity index (χ2v) is 7.06. The van der Waals surface area contributed by atoms with Crippen LogP contribution in [0.4, 0.5) is 0 Å². The Balaban J connectivity index is 1.71. The summed E-state index contributed by atoms with van der Waals surface area (Å²) in [6.07, 6.45) is 0.157. The summed E-state index contributed by atoms with van der Waals surface area (Å²) in [5.74, 6) is 0.634. The normalized spacial score (nSPS) is 19.4. The molecule has 1 aliphatic rings. The number of carbonyl (C=O) groups excluding carboxylic acids is 1. The fourth-order valence-corrected chi connectivity index (χ4v) is 3.15. The third kappa shape index (κ3) is 4.23. The molecule has 1 heterocycles. The predicted octanol–water partition coefficient (Wildman–Crippen LogP) is 3.73. The molecule has 0 radical (unpaired) electrons. The highest BCUT2D eigenvalue weighted by molar-refractivity contribution is 6.31. The van der Waals surface area contributed by atoms with Crippen LogP contribution in [0, 0.1) is 0 Å². The lowest BCUT2D eigenvalue weighted by atomic mass is 10.1. The van der Waals surface area contributed by atoms with E-state index in [1.165, 1.54) is 0 Å². The van der Waals surface area contributed by atoms with Crippen LogP contribution in [0.2, 0.25) is 5.02 Å². The lowest BCUT2D eigenvalue weighted by molar-refractivity contribution is -0.170. The minimum atomic E-state index is -0.936. The van der Waals surface area contributed by atoms with Crippen molar-refractivity contribution in [3.05, 3.63) is 70.7 Å². The van der Waals surface area contributed by atoms with Gasteiger partial charge in [0.15, 0.2) is 11.6 Å². The van der Waals surface area contributed by atoms with E-state index in [0.717, 1.165) is 11.1 Å². The molecule has 0 bridgehead atoms. The van der Waals surface area contributed by atoms with Crippen LogP contribution in [-0.4, -0.2) is 41.5 Å². The number of hydroxylamine groups is 2. The lowest BCUT2D eigenvalue weighted by Crippen LogP contribution is -2.36. The van der Waals surface area contributed by atoms with Crippen molar-refractivity contribution in [1.82, 2.24) is 9.96 Å². The number of rotatable bonds is 5. The van der Waals surface area contributed by atoms with E-state index in [4.69, 9.17) is 16.4 Å². The zero-order valence-electron chi connectivity index (χ0n) is 15.1. The number of nitrogens with zero attached hydrogens (tertiary/aromatic N) is 3. The average molecular weight is 372 g/mol. The van der Waals surface area contributed by atoms with Crippen LogP contribution in [0.15, 0.2) is 59.6 Å². The van der Waals surface area contributed by atoms with E-state index in [0.29, 0.717) is 17.4 Å². The Hall–Kier alpha value is -2.37. The Morgan fingerprint density at radius 2 is 1.96 bits per heavy atom. The minimum Gasteiger partial charge on any atom is -0.341 e. The Labute approximate surface area is 158 Å². The minimum absolute atomic E-state index is 0.0270. The Kier molecular flexibility index (Phi) is 5.30. The molecule has 0 N–H and O–H groups in total. The molecule has 0 saturated carbocycles. The number of hydrogen-bond donors (Lipinski definition) is 0. The van der Waals surface area contributed by atoms with Gasteiger partial charge in [0.05, 0.1) is 6.42 Å². The molecule has 2 aromatic rings. The van der Waals surface area contributed by atoms with Gasteiger partial charge in [-0.05, 0) is 24.6 Å². The van der Waals surface area contributed by atoms with Crippen molar-refractivity contribution in [3.8, 4) is 0 Å². The first-order valence-electron chi connectivity index (χ1n) is 8.43. The maximum atomic E-state index is 12.6. The van der Waals surface area contributed by atoms with Crippen LogP contribution < -0.4 is 0 Å². The number of carbonyl (C=O) groups is 1. The fourth-order valence-electron chi connectivity index (χ4n) is 2.96. The second kappa shape index (κ2) is 7.48. The van der Waals surface area contributed by atoms with Crippen LogP contribution in [0.25, 0.3) is 0 Å². The van der Waals surface area contributed by atoms with Gasteiger partial charge in [-0.2, -0.15) is 0 Å². The molecule has 0 spiro atoms. The highest BCUT2D eigenvalue weighted by Gasteiger charge is 2.38. The van der Waals surface area contributed by atoms with E-state index in [1.54, 1.807) is 24.1 Å². The molecule has 3 rings (SSSR count). The van der Waals surface area contributed by atoms with Gasteiger partial charge in [0, 0.05) is 31.2 Å². The van der Waals surface area contributed by atoms with Crippen molar-refractivity contribution in [2.45, 2.75) is 25.6 Å². The summed E-state index contributed by atoms with van der Waals surface area (Å²) in [5, 5.41) is 2.22. The predicted molar refractivity (Wildman–Crippen MR) is 103 cm³/mol. The summed E-state index contributed by atoms with van der Waals surface area (Å²) in [5.41, 5.74) is 1.00. The molecular weight excluding hydrogens is 350 g/mol. The van der Waals surface area contributed by atoms with Crippen LogP contribution in [0.3, 0.4) is 0 Å². The maximum Gasteiger partial charge on any atom is 0.227 e. The molecule has 2 aromatic carbocycles. The highest BCUT2D eigenvalue weighted by Crippen LogP contribution is 2.29. The van der Waals surface area contributed by atoms with Gasteiger partial charge in [-0.1, -0.05) is 54.1 Å². The lowest BCUT2D eigenvalue weighted by Gasteiger charge is -2.24. The van der Waals surface area contributed by atoms with Crippen LogP contribution >= 0.6 is 11.6 Å². The molecule has 0 saturated heterocycles. The molecule has 0 aliphatic carbocycles. The number of amides is 1.